The van der Waals surface area contributed by atoms with Gasteiger partial charge >= 0.3 is 0 Å². The fraction of sp³-hybridized carbons (Fsp3) is 0.500. The zero-order chi connectivity index (χ0) is 13.1. The van der Waals surface area contributed by atoms with Crippen molar-refractivity contribution in [2.24, 2.45) is 0 Å². The number of hydrogen-bond donors (Lipinski definition) is 1. The highest BCUT2D eigenvalue weighted by Gasteiger charge is 2.27. The third kappa shape index (κ3) is 2.77. The minimum Gasteiger partial charge on any atom is -0.334 e. The van der Waals surface area contributed by atoms with Crippen LogP contribution < -0.4 is 11.4 Å². The Hall–Kier alpha value is -1.55. The maximum absolute atomic E-state index is 12.8. The average Bonchev–Trinajstić information content (AvgIpc) is 2.30. The third-order valence-electron chi connectivity index (χ3n) is 2.12. The Labute approximate surface area is 103 Å². The second kappa shape index (κ2) is 5.19. The van der Waals surface area contributed by atoms with E-state index in [-0.39, 0.29) is 10.9 Å². The lowest BCUT2D eigenvalue weighted by Gasteiger charge is -2.18. The van der Waals surface area contributed by atoms with Crippen LogP contribution in [-0.2, 0) is 5.41 Å². The molecule has 0 fully saturated rings. The predicted octanol–water partition coefficient (Wildman–Crippen LogP) is 0.324. The van der Waals surface area contributed by atoms with E-state index in [2.05, 4.69) is 16.1 Å². The number of alkyl halides is 1. The number of nitrogens with two attached hydrogens (primary N) is 1. The van der Waals surface area contributed by atoms with Gasteiger partial charge in [0.2, 0.25) is 5.16 Å². The number of hydrogen-bond acceptors (Lipinski definition) is 5. The van der Waals surface area contributed by atoms with Crippen LogP contribution in [0.4, 0.5) is 4.39 Å². The Morgan fingerprint density at radius 1 is 1.59 bits per heavy atom. The Kier molecular flexibility index (Phi) is 4.12. The van der Waals surface area contributed by atoms with Crippen molar-refractivity contribution in [2.45, 2.75) is 24.4 Å². The van der Waals surface area contributed by atoms with Crippen molar-refractivity contribution in [3.63, 3.8) is 0 Å². The van der Waals surface area contributed by atoms with Crippen LogP contribution in [0.5, 0.6) is 0 Å². The van der Waals surface area contributed by atoms with Gasteiger partial charge in [0.05, 0.1) is 5.75 Å². The summed E-state index contributed by atoms with van der Waals surface area (Å²) in [5.41, 5.74) is -1.55. The van der Waals surface area contributed by atoms with Crippen LogP contribution in [0.2, 0.25) is 0 Å². The second-order valence-electron chi connectivity index (χ2n) is 4.02. The topological polar surface area (TPSA) is 73.8 Å². The van der Waals surface area contributed by atoms with Crippen LogP contribution >= 0.6 is 11.8 Å². The molecule has 1 heterocycles. The van der Waals surface area contributed by atoms with E-state index in [9.17, 15) is 9.18 Å². The van der Waals surface area contributed by atoms with Crippen molar-refractivity contribution in [3.05, 3.63) is 16.0 Å². The van der Waals surface area contributed by atoms with Gasteiger partial charge in [-0.3, -0.25) is 9.18 Å². The maximum atomic E-state index is 12.8. The van der Waals surface area contributed by atoms with Gasteiger partial charge in [-0.05, 0) is 0 Å². The Morgan fingerprint density at radius 3 is 2.76 bits per heavy atom. The highest BCUT2D eigenvalue weighted by molar-refractivity contribution is 7.99. The molecule has 1 rings (SSSR count). The van der Waals surface area contributed by atoms with E-state index in [1.165, 1.54) is 0 Å². The predicted molar refractivity (Wildman–Crippen MR) is 65.0 cm³/mol. The average molecular weight is 256 g/mol. The van der Waals surface area contributed by atoms with Gasteiger partial charge in [-0.15, -0.1) is 16.6 Å². The van der Waals surface area contributed by atoms with Gasteiger partial charge in [0.1, 0.15) is 12.4 Å². The molecule has 7 heteroatoms. The summed E-state index contributed by atoms with van der Waals surface area (Å²) in [5.74, 6) is 8.28. The van der Waals surface area contributed by atoms with Crippen molar-refractivity contribution in [2.75, 3.05) is 18.3 Å². The first kappa shape index (κ1) is 13.5. The number of nitrogen functional groups attached to an aromatic ring is 1. The lowest BCUT2D eigenvalue weighted by Crippen LogP contribution is -2.39. The van der Waals surface area contributed by atoms with E-state index in [0.29, 0.717) is 5.75 Å². The molecule has 0 unspecified atom stereocenters. The molecule has 0 saturated carbocycles. The molecule has 0 aromatic carbocycles. The molecule has 1 aromatic rings. The number of halogens is 1. The van der Waals surface area contributed by atoms with Crippen molar-refractivity contribution in [1.29, 1.82) is 0 Å². The van der Waals surface area contributed by atoms with Gasteiger partial charge < -0.3 is 5.84 Å². The Balaban J connectivity index is 3.21. The van der Waals surface area contributed by atoms with Crippen molar-refractivity contribution < 1.29 is 4.39 Å². The second-order valence-corrected chi connectivity index (χ2v) is 4.96. The van der Waals surface area contributed by atoms with Gasteiger partial charge in [-0.25, -0.2) is 0 Å². The molecule has 0 atom stereocenters. The number of rotatable bonds is 4. The van der Waals surface area contributed by atoms with Gasteiger partial charge in [0.25, 0.3) is 5.56 Å². The maximum Gasteiger partial charge on any atom is 0.295 e. The summed E-state index contributed by atoms with van der Waals surface area (Å²) in [6, 6.07) is 0. The first-order chi connectivity index (χ1) is 7.94. The zero-order valence-electron chi connectivity index (χ0n) is 9.61. The Morgan fingerprint density at radius 2 is 2.24 bits per heavy atom. The monoisotopic (exact) mass is 256 g/mol. The van der Waals surface area contributed by atoms with Gasteiger partial charge in [-0.1, -0.05) is 31.5 Å². The third-order valence-corrected chi connectivity index (χ3v) is 2.97. The summed E-state index contributed by atoms with van der Waals surface area (Å²) in [4.78, 5) is 11.9. The van der Waals surface area contributed by atoms with E-state index < -0.39 is 17.6 Å². The van der Waals surface area contributed by atoms with E-state index in [1.807, 2.05) is 0 Å². The van der Waals surface area contributed by atoms with E-state index in [1.54, 1.807) is 13.8 Å². The van der Waals surface area contributed by atoms with Gasteiger partial charge in [-0.2, -0.15) is 4.68 Å². The van der Waals surface area contributed by atoms with Crippen molar-refractivity contribution >= 4 is 11.8 Å². The van der Waals surface area contributed by atoms with Crippen molar-refractivity contribution in [3.8, 4) is 12.3 Å². The molecular formula is C10H13FN4OS. The number of aromatic nitrogens is 3. The van der Waals surface area contributed by atoms with Gasteiger partial charge in [0.15, 0.2) is 0 Å². The van der Waals surface area contributed by atoms with Crippen molar-refractivity contribution in [1.82, 2.24) is 14.9 Å². The lowest BCUT2D eigenvalue weighted by molar-refractivity contribution is 0.335. The van der Waals surface area contributed by atoms with Crippen LogP contribution in [0.15, 0.2) is 9.95 Å². The summed E-state index contributed by atoms with van der Waals surface area (Å²) in [6.45, 7) is 2.41. The molecule has 0 radical (unpaired) electrons. The number of terminal acetylenes is 1. The minimum absolute atomic E-state index is 0.00700. The summed E-state index contributed by atoms with van der Waals surface area (Å²) >= 11 is 1.12. The fourth-order valence-electron chi connectivity index (χ4n) is 1.08. The zero-order valence-corrected chi connectivity index (χ0v) is 10.4. The normalized spacial score (nSPS) is 11.2. The molecular weight excluding hydrogens is 243 g/mol. The van der Waals surface area contributed by atoms with E-state index in [0.717, 1.165) is 16.4 Å². The summed E-state index contributed by atoms with van der Waals surface area (Å²) in [6.07, 6.45) is 5.09. The first-order valence-electron chi connectivity index (χ1n) is 4.81. The SMILES string of the molecule is C#CCSc1nnc(C(C)(C)CF)c(=O)n1N. The molecule has 0 aliphatic heterocycles. The summed E-state index contributed by atoms with van der Waals surface area (Å²) in [7, 11) is 0. The summed E-state index contributed by atoms with van der Waals surface area (Å²) in [5, 5.41) is 7.74. The fourth-order valence-corrected chi connectivity index (χ4v) is 1.61. The highest BCUT2D eigenvalue weighted by Crippen LogP contribution is 2.19. The molecule has 0 spiro atoms. The van der Waals surface area contributed by atoms with Crippen LogP contribution in [0.1, 0.15) is 19.5 Å². The first-order valence-corrected chi connectivity index (χ1v) is 5.80. The molecule has 2 N–H and O–H groups in total. The smallest absolute Gasteiger partial charge is 0.295 e. The highest BCUT2D eigenvalue weighted by atomic mass is 32.2. The van der Waals surface area contributed by atoms with Crippen LogP contribution in [-0.4, -0.2) is 27.3 Å². The molecule has 17 heavy (non-hydrogen) atoms. The van der Waals surface area contributed by atoms with Crippen LogP contribution in [0.25, 0.3) is 0 Å². The Bertz CT molecular complexity index is 506. The molecule has 5 nitrogen and oxygen atoms in total. The molecule has 0 bridgehead atoms. The van der Waals surface area contributed by atoms with E-state index in [4.69, 9.17) is 12.3 Å². The quantitative estimate of drug-likeness (QED) is 0.477. The van der Waals surface area contributed by atoms with Crippen LogP contribution in [0.3, 0.4) is 0 Å². The van der Waals surface area contributed by atoms with E-state index >= 15 is 0 Å². The molecule has 1 aromatic heterocycles. The molecule has 0 amide bonds. The van der Waals surface area contributed by atoms with Crippen LogP contribution in [0, 0.1) is 12.3 Å². The molecule has 0 aliphatic rings. The summed E-state index contributed by atoms with van der Waals surface area (Å²) < 4.78 is 13.6. The number of nitrogens with zero attached hydrogens (tertiary/aromatic N) is 3. The molecule has 0 saturated heterocycles. The largest absolute Gasteiger partial charge is 0.334 e. The minimum atomic E-state index is -0.999. The van der Waals surface area contributed by atoms with Gasteiger partial charge in [0, 0.05) is 5.41 Å². The lowest BCUT2D eigenvalue weighted by atomic mass is 9.91. The standard InChI is InChI=1S/C10H13FN4OS/c1-4-5-17-9-14-13-7(8(16)15(9)12)10(2,3)6-11/h1H,5-6,12H2,2-3H3. The number of thioether (sulfide) groups is 1. The molecule has 92 valence electrons. The molecule has 0 aliphatic carbocycles.